The minimum atomic E-state index is 0.763. The Morgan fingerprint density at radius 2 is 1.90 bits per heavy atom. The minimum Gasteiger partial charge on any atom is -0.356 e. The summed E-state index contributed by atoms with van der Waals surface area (Å²) in [7, 11) is 0. The lowest BCUT2D eigenvalue weighted by molar-refractivity contribution is 0.377. The van der Waals surface area contributed by atoms with Crippen molar-refractivity contribution in [3.05, 3.63) is 11.4 Å². The molecule has 1 aliphatic rings. The highest BCUT2D eigenvalue weighted by molar-refractivity contribution is 5.58. The Balaban J connectivity index is 2.17. The van der Waals surface area contributed by atoms with Crippen molar-refractivity contribution in [1.29, 1.82) is 0 Å². The molecule has 0 bridgehead atoms. The number of hydrogen-bond acceptors (Lipinski definition) is 5. The van der Waals surface area contributed by atoms with E-state index in [0.717, 1.165) is 54.9 Å². The molecule has 0 radical (unpaired) electrons. The van der Waals surface area contributed by atoms with Crippen LogP contribution in [0.1, 0.15) is 57.3 Å². The second-order valence-corrected chi connectivity index (χ2v) is 6.05. The van der Waals surface area contributed by atoms with E-state index in [1.807, 2.05) is 0 Å². The van der Waals surface area contributed by atoms with Gasteiger partial charge in [-0.15, -0.1) is 0 Å². The third-order valence-corrected chi connectivity index (χ3v) is 4.39. The van der Waals surface area contributed by atoms with E-state index in [4.69, 9.17) is 10.8 Å². The summed E-state index contributed by atoms with van der Waals surface area (Å²) in [5.41, 5.74) is 3.79. The number of nitrogens with one attached hydrogen (secondary N) is 1. The summed E-state index contributed by atoms with van der Waals surface area (Å²) < 4.78 is 0. The van der Waals surface area contributed by atoms with Crippen molar-refractivity contribution in [2.24, 2.45) is 11.8 Å². The highest BCUT2D eigenvalue weighted by Crippen LogP contribution is 2.29. The average molecular weight is 291 g/mol. The molecule has 1 aromatic heterocycles. The Hall–Kier alpha value is -1.36. The number of nitrogen functional groups attached to an aromatic ring is 1. The van der Waals surface area contributed by atoms with Crippen LogP contribution in [0.3, 0.4) is 0 Å². The summed E-state index contributed by atoms with van der Waals surface area (Å²) in [6.07, 6.45) is 7.13. The number of hydrogen-bond donors (Lipinski definition) is 2. The van der Waals surface area contributed by atoms with Crippen LogP contribution >= 0.6 is 0 Å². The predicted octanol–water partition coefficient (Wildman–Crippen LogP) is 3.04. The topological polar surface area (TPSA) is 67.1 Å². The number of piperidine rings is 1. The Morgan fingerprint density at radius 1 is 1.19 bits per heavy atom. The molecule has 21 heavy (non-hydrogen) atoms. The smallest absolute Gasteiger partial charge is 0.148 e. The lowest BCUT2D eigenvalue weighted by Crippen LogP contribution is -2.35. The van der Waals surface area contributed by atoms with E-state index < -0.39 is 0 Å². The fourth-order valence-corrected chi connectivity index (χ4v) is 3.18. The van der Waals surface area contributed by atoms with Gasteiger partial charge in [-0.3, -0.25) is 0 Å². The summed E-state index contributed by atoms with van der Waals surface area (Å²) in [5, 5.41) is 0. The van der Waals surface area contributed by atoms with Gasteiger partial charge in [0.05, 0.1) is 0 Å². The van der Waals surface area contributed by atoms with Crippen LogP contribution in [0.5, 0.6) is 0 Å². The maximum atomic E-state index is 5.62. The number of nitrogens with two attached hydrogens (primary N) is 1. The molecule has 0 spiro atoms. The molecule has 3 N–H and O–H groups in total. The van der Waals surface area contributed by atoms with Crippen molar-refractivity contribution < 1.29 is 0 Å². The summed E-state index contributed by atoms with van der Waals surface area (Å²) in [6.45, 7) is 8.67. The van der Waals surface area contributed by atoms with E-state index >= 15 is 0 Å². The normalized spacial score (nSPS) is 16.3. The van der Waals surface area contributed by atoms with Crippen molar-refractivity contribution in [3.8, 4) is 0 Å². The van der Waals surface area contributed by atoms with Gasteiger partial charge in [0.15, 0.2) is 0 Å². The van der Waals surface area contributed by atoms with Gasteiger partial charge in [0.2, 0.25) is 0 Å². The van der Waals surface area contributed by atoms with Gasteiger partial charge in [0.1, 0.15) is 17.5 Å². The number of nitrogens with zero attached hydrogens (tertiary/aromatic N) is 3. The fraction of sp³-hybridized carbons (Fsp3) is 0.750. The van der Waals surface area contributed by atoms with E-state index in [-0.39, 0.29) is 0 Å². The lowest BCUT2D eigenvalue weighted by atomic mass is 9.92. The number of hydrazine groups is 1. The van der Waals surface area contributed by atoms with Crippen molar-refractivity contribution >= 4 is 11.6 Å². The Labute approximate surface area is 128 Å². The van der Waals surface area contributed by atoms with Gasteiger partial charge in [-0.2, -0.15) is 0 Å². The van der Waals surface area contributed by atoms with Gasteiger partial charge >= 0.3 is 0 Å². The predicted molar refractivity (Wildman–Crippen MR) is 88.4 cm³/mol. The molecule has 1 aromatic rings. The highest BCUT2D eigenvalue weighted by atomic mass is 15.3. The number of anilines is 2. The zero-order valence-corrected chi connectivity index (χ0v) is 13.7. The van der Waals surface area contributed by atoms with E-state index in [1.54, 1.807) is 0 Å². The van der Waals surface area contributed by atoms with Crippen molar-refractivity contribution in [3.63, 3.8) is 0 Å². The number of aromatic nitrogens is 2. The molecule has 0 aliphatic carbocycles. The third-order valence-electron chi connectivity index (χ3n) is 4.39. The minimum absolute atomic E-state index is 0.763. The molecule has 0 aromatic carbocycles. The first kappa shape index (κ1) is 16.0. The fourth-order valence-electron chi connectivity index (χ4n) is 3.18. The Morgan fingerprint density at radius 3 is 2.48 bits per heavy atom. The second kappa shape index (κ2) is 7.59. The zero-order chi connectivity index (χ0) is 15.2. The summed E-state index contributed by atoms with van der Waals surface area (Å²) >= 11 is 0. The molecule has 0 amide bonds. The molecule has 5 nitrogen and oxygen atoms in total. The van der Waals surface area contributed by atoms with Gasteiger partial charge in [-0.25, -0.2) is 15.8 Å². The van der Waals surface area contributed by atoms with Gasteiger partial charge in [-0.1, -0.05) is 26.7 Å². The van der Waals surface area contributed by atoms with Gasteiger partial charge < -0.3 is 10.3 Å². The molecule has 0 saturated carbocycles. The maximum absolute atomic E-state index is 5.62. The quantitative estimate of drug-likeness (QED) is 0.623. The molecular weight excluding hydrogens is 262 g/mol. The first-order chi connectivity index (χ1) is 10.2. The highest BCUT2D eigenvalue weighted by Gasteiger charge is 2.22. The first-order valence-corrected chi connectivity index (χ1v) is 8.28. The Bertz CT molecular complexity index is 452. The molecule has 2 heterocycles. The van der Waals surface area contributed by atoms with Gasteiger partial charge in [0, 0.05) is 25.1 Å². The van der Waals surface area contributed by atoms with Crippen LogP contribution in [0.4, 0.5) is 11.6 Å². The standard InChI is InChI=1S/C16H29N5/c1-4-6-13-8-10-21(11-9-13)16-12(3)15(20-17)18-14(19-16)7-5-2/h13H,4-11,17H2,1-3H3,(H,18,19,20). The van der Waals surface area contributed by atoms with Crippen LogP contribution in [0.2, 0.25) is 0 Å². The summed E-state index contributed by atoms with van der Waals surface area (Å²) in [5.74, 6) is 9.22. The molecule has 0 atom stereocenters. The van der Waals surface area contributed by atoms with Crippen LogP contribution in [0.25, 0.3) is 0 Å². The average Bonchev–Trinajstić information content (AvgIpc) is 2.50. The van der Waals surface area contributed by atoms with E-state index in [0.29, 0.717) is 0 Å². The van der Waals surface area contributed by atoms with Crippen LogP contribution in [0, 0.1) is 12.8 Å². The molecular formula is C16H29N5. The van der Waals surface area contributed by atoms with E-state index in [9.17, 15) is 0 Å². The lowest BCUT2D eigenvalue weighted by Gasteiger charge is -2.34. The SMILES string of the molecule is CCCc1nc(NN)c(C)c(N2CCC(CCC)CC2)n1. The first-order valence-electron chi connectivity index (χ1n) is 8.28. The third kappa shape index (κ3) is 3.84. The van der Waals surface area contributed by atoms with Crippen molar-refractivity contribution in [2.75, 3.05) is 23.4 Å². The van der Waals surface area contributed by atoms with Crippen LogP contribution in [-0.2, 0) is 6.42 Å². The number of aryl methyl sites for hydroxylation is 1. The van der Waals surface area contributed by atoms with Gasteiger partial charge in [0.25, 0.3) is 0 Å². The largest absolute Gasteiger partial charge is 0.356 e. The molecule has 0 unspecified atom stereocenters. The number of rotatable bonds is 6. The summed E-state index contributed by atoms with van der Waals surface area (Å²) in [6, 6.07) is 0. The molecule has 1 aliphatic heterocycles. The van der Waals surface area contributed by atoms with E-state index in [2.05, 4.69) is 36.1 Å². The molecule has 1 saturated heterocycles. The van der Waals surface area contributed by atoms with Crippen LogP contribution < -0.4 is 16.2 Å². The van der Waals surface area contributed by atoms with E-state index in [1.165, 1.54) is 25.7 Å². The molecule has 118 valence electrons. The van der Waals surface area contributed by atoms with Crippen LogP contribution in [0.15, 0.2) is 0 Å². The molecule has 2 rings (SSSR count). The molecule has 1 fully saturated rings. The molecule has 5 heteroatoms. The van der Waals surface area contributed by atoms with Crippen LogP contribution in [-0.4, -0.2) is 23.1 Å². The Kier molecular flexibility index (Phi) is 5.79. The zero-order valence-electron chi connectivity index (χ0n) is 13.7. The summed E-state index contributed by atoms with van der Waals surface area (Å²) in [4.78, 5) is 11.7. The van der Waals surface area contributed by atoms with Gasteiger partial charge in [-0.05, 0) is 32.1 Å². The maximum Gasteiger partial charge on any atom is 0.148 e. The monoisotopic (exact) mass is 291 g/mol. The van der Waals surface area contributed by atoms with Crippen molar-refractivity contribution in [1.82, 2.24) is 9.97 Å². The second-order valence-electron chi connectivity index (χ2n) is 6.05. The van der Waals surface area contributed by atoms with Crippen molar-refractivity contribution in [2.45, 2.75) is 59.3 Å².